The van der Waals surface area contributed by atoms with E-state index in [0.717, 1.165) is 9.35 Å². The first-order chi connectivity index (χ1) is 5.24. The van der Waals surface area contributed by atoms with Crippen molar-refractivity contribution in [2.75, 3.05) is 0 Å². The molecule has 58 valence electrons. The zero-order valence-corrected chi connectivity index (χ0v) is 8.28. The average molecular weight is 230 g/mol. The quantitative estimate of drug-likeness (QED) is 0.776. The summed E-state index contributed by atoms with van der Waals surface area (Å²) in [5.74, 6) is 2.54. The van der Waals surface area contributed by atoms with Gasteiger partial charge in [0, 0.05) is 21.2 Å². The van der Waals surface area contributed by atoms with Crippen molar-refractivity contribution in [1.82, 2.24) is 0 Å². The monoisotopic (exact) mass is 229 g/mol. The Morgan fingerprint density at radius 3 is 3.00 bits per heavy atom. The van der Waals surface area contributed by atoms with Crippen molar-refractivity contribution >= 4 is 27.3 Å². The molecule has 0 radical (unpaired) electrons. The zero-order chi connectivity index (χ0) is 8.27. The van der Waals surface area contributed by atoms with Crippen LogP contribution in [0.25, 0.3) is 0 Å². The lowest BCUT2D eigenvalue weighted by atomic mass is 10.2. The average Bonchev–Trinajstić information content (AvgIpc) is 2.36. The highest BCUT2D eigenvalue weighted by Crippen LogP contribution is 2.25. The third-order valence-corrected chi connectivity index (χ3v) is 3.12. The zero-order valence-electron chi connectivity index (χ0n) is 5.88. The van der Waals surface area contributed by atoms with Crippen LogP contribution in [0.5, 0.6) is 0 Å². The van der Waals surface area contributed by atoms with E-state index in [1.54, 1.807) is 11.3 Å². The van der Waals surface area contributed by atoms with E-state index in [-0.39, 0.29) is 6.04 Å². The summed E-state index contributed by atoms with van der Waals surface area (Å²) in [6, 6.07) is 2.00. The van der Waals surface area contributed by atoms with Crippen molar-refractivity contribution in [2.24, 2.45) is 5.73 Å². The molecular formula is C8H8BrNS. The minimum atomic E-state index is -0.00343. The second kappa shape index (κ2) is 3.91. The number of halogens is 1. The number of terminal acetylenes is 1. The minimum Gasteiger partial charge on any atom is -0.322 e. The van der Waals surface area contributed by atoms with Crippen LogP contribution in [0.4, 0.5) is 0 Å². The van der Waals surface area contributed by atoms with Crippen LogP contribution in [-0.4, -0.2) is 0 Å². The van der Waals surface area contributed by atoms with Crippen LogP contribution in [0.3, 0.4) is 0 Å². The Morgan fingerprint density at radius 2 is 2.55 bits per heavy atom. The molecule has 0 saturated heterocycles. The predicted molar refractivity (Wildman–Crippen MR) is 52.4 cm³/mol. The second-order valence-electron chi connectivity index (χ2n) is 2.18. The van der Waals surface area contributed by atoms with Crippen LogP contribution in [0.2, 0.25) is 0 Å². The predicted octanol–water partition coefficient (Wildman–Crippen LogP) is 2.53. The van der Waals surface area contributed by atoms with Crippen LogP contribution in [0, 0.1) is 12.3 Å². The highest BCUT2D eigenvalue weighted by molar-refractivity contribution is 9.10. The summed E-state index contributed by atoms with van der Waals surface area (Å²) in [6.45, 7) is 0. The van der Waals surface area contributed by atoms with Gasteiger partial charge in [-0.3, -0.25) is 0 Å². The second-order valence-corrected chi connectivity index (χ2v) is 4.04. The normalized spacial score (nSPS) is 12.5. The third-order valence-electron chi connectivity index (χ3n) is 1.29. The molecule has 1 aromatic rings. The number of rotatable bonds is 2. The Balaban J connectivity index is 2.70. The minimum absolute atomic E-state index is 0.00343. The fourth-order valence-corrected chi connectivity index (χ4v) is 2.20. The summed E-state index contributed by atoms with van der Waals surface area (Å²) >= 11 is 4.98. The first-order valence-corrected chi connectivity index (χ1v) is 4.84. The molecule has 1 unspecified atom stereocenters. The molecule has 11 heavy (non-hydrogen) atoms. The molecule has 0 spiro atoms. The van der Waals surface area contributed by atoms with E-state index in [0.29, 0.717) is 6.42 Å². The van der Waals surface area contributed by atoms with Gasteiger partial charge in [0.1, 0.15) is 0 Å². The van der Waals surface area contributed by atoms with Gasteiger partial charge in [-0.25, -0.2) is 0 Å². The smallest absolute Gasteiger partial charge is 0.0500 e. The van der Waals surface area contributed by atoms with Gasteiger partial charge < -0.3 is 5.73 Å². The van der Waals surface area contributed by atoms with E-state index in [9.17, 15) is 0 Å². The van der Waals surface area contributed by atoms with Gasteiger partial charge in [0.25, 0.3) is 0 Å². The summed E-state index contributed by atoms with van der Waals surface area (Å²) in [7, 11) is 0. The topological polar surface area (TPSA) is 26.0 Å². The maximum atomic E-state index is 5.77. The maximum Gasteiger partial charge on any atom is 0.0500 e. The maximum absolute atomic E-state index is 5.77. The van der Waals surface area contributed by atoms with Gasteiger partial charge >= 0.3 is 0 Å². The first kappa shape index (κ1) is 8.79. The van der Waals surface area contributed by atoms with E-state index in [4.69, 9.17) is 12.2 Å². The van der Waals surface area contributed by atoms with Gasteiger partial charge in [-0.05, 0) is 22.0 Å². The van der Waals surface area contributed by atoms with Gasteiger partial charge in [0.2, 0.25) is 0 Å². The van der Waals surface area contributed by atoms with Gasteiger partial charge in [-0.15, -0.1) is 23.7 Å². The number of hydrogen-bond acceptors (Lipinski definition) is 2. The summed E-state index contributed by atoms with van der Waals surface area (Å²) in [4.78, 5) is 1.13. The van der Waals surface area contributed by atoms with Gasteiger partial charge in [0.05, 0.1) is 6.04 Å². The molecule has 1 heterocycles. The molecule has 0 aliphatic rings. The molecule has 1 nitrogen and oxygen atoms in total. The molecule has 0 fully saturated rings. The van der Waals surface area contributed by atoms with Gasteiger partial charge in [-0.2, -0.15) is 0 Å². The lowest BCUT2D eigenvalue weighted by Gasteiger charge is -2.02. The Kier molecular flexibility index (Phi) is 3.13. The Hall–Kier alpha value is -0.300. The van der Waals surface area contributed by atoms with Gasteiger partial charge in [0.15, 0.2) is 0 Å². The summed E-state index contributed by atoms with van der Waals surface area (Å²) in [5, 5.41) is 2.01. The Bertz CT molecular complexity index is 274. The van der Waals surface area contributed by atoms with Crippen LogP contribution in [0.1, 0.15) is 17.3 Å². The van der Waals surface area contributed by atoms with Gasteiger partial charge in [-0.1, -0.05) is 0 Å². The molecule has 3 heteroatoms. The van der Waals surface area contributed by atoms with Crippen LogP contribution >= 0.6 is 27.3 Å². The molecule has 1 aromatic heterocycles. The molecule has 0 amide bonds. The van der Waals surface area contributed by atoms with Crippen molar-refractivity contribution in [2.45, 2.75) is 12.5 Å². The molecule has 0 bridgehead atoms. The molecular weight excluding hydrogens is 222 g/mol. The van der Waals surface area contributed by atoms with E-state index < -0.39 is 0 Å². The molecule has 1 rings (SSSR count). The lowest BCUT2D eigenvalue weighted by Crippen LogP contribution is -2.06. The Morgan fingerprint density at radius 1 is 1.82 bits per heavy atom. The van der Waals surface area contributed by atoms with E-state index in [2.05, 4.69) is 21.9 Å². The van der Waals surface area contributed by atoms with Crippen molar-refractivity contribution in [3.05, 3.63) is 20.8 Å². The van der Waals surface area contributed by atoms with Crippen LogP contribution < -0.4 is 5.73 Å². The van der Waals surface area contributed by atoms with Crippen molar-refractivity contribution in [3.8, 4) is 12.3 Å². The number of nitrogens with two attached hydrogens (primary N) is 1. The van der Waals surface area contributed by atoms with E-state index >= 15 is 0 Å². The van der Waals surface area contributed by atoms with Crippen molar-refractivity contribution < 1.29 is 0 Å². The number of hydrogen-bond donors (Lipinski definition) is 1. The molecule has 0 aromatic carbocycles. The third kappa shape index (κ3) is 2.33. The van der Waals surface area contributed by atoms with Crippen LogP contribution in [0.15, 0.2) is 15.9 Å². The highest BCUT2D eigenvalue weighted by atomic mass is 79.9. The molecule has 1 atom stereocenters. The molecule has 0 saturated carbocycles. The fraction of sp³-hybridized carbons (Fsp3) is 0.250. The highest BCUT2D eigenvalue weighted by Gasteiger charge is 2.05. The van der Waals surface area contributed by atoms with E-state index in [1.807, 2.05) is 11.4 Å². The first-order valence-electron chi connectivity index (χ1n) is 3.17. The summed E-state index contributed by atoms with van der Waals surface area (Å²) in [6.07, 6.45) is 5.74. The van der Waals surface area contributed by atoms with E-state index in [1.165, 1.54) is 0 Å². The number of thiophene rings is 1. The van der Waals surface area contributed by atoms with Crippen LogP contribution in [-0.2, 0) is 0 Å². The lowest BCUT2D eigenvalue weighted by molar-refractivity contribution is 0.771. The summed E-state index contributed by atoms with van der Waals surface area (Å²) < 4.78 is 1.07. The molecule has 2 N–H and O–H groups in total. The molecule has 0 aliphatic heterocycles. The van der Waals surface area contributed by atoms with Crippen molar-refractivity contribution in [3.63, 3.8) is 0 Å². The Labute approximate surface area is 78.7 Å². The molecule has 0 aliphatic carbocycles. The summed E-state index contributed by atoms with van der Waals surface area (Å²) in [5.41, 5.74) is 5.77. The van der Waals surface area contributed by atoms with Crippen molar-refractivity contribution in [1.29, 1.82) is 0 Å². The SMILES string of the molecule is C#CCC(N)c1cc(Br)cs1. The largest absolute Gasteiger partial charge is 0.322 e. The fourth-order valence-electron chi connectivity index (χ4n) is 0.750. The standard InChI is InChI=1S/C8H8BrNS/c1-2-3-7(10)8-4-6(9)5-11-8/h1,4-5,7H,3,10H2.